The summed E-state index contributed by atoms with van der Waals surface area (Å²) in [6.07, 6.45) is -4.49. The Balaban J connectivity index is 1.91. The molecule has 0 aromatic carbocycles. The van der Waals surface area contributed by atoms with Gasteiger partial charge in [-0.25, -0.2) is 14.5 Å². The van der Waals surface area contributed by atoms with Crippen molar-refractivity contribution >= 4 is 22.9 Å². The van der Waals surface area contributed by atoms with Crippen LogP contribution in [0, 0.1) is 20.8 Å². The predicted octanol–water partition coefficient (Wildman–Crippen LogP) is 3.40. The fourth-order valence-corrected chi connectivity index (χ4v) is 3.51. The molecule has 0 N–H and O–H groups in total. The molecule has 3 aromatic heterocycles. The lowest BCUT2D eigenvalue weighted by atomic mass is 10.2. The Bertz CT molecular complexity index is 992. The highest BCUT2D eigenvalue weighted by molar-refractivity contribution is 7.09. The van der Waals surface area contributed by atoms with Gasteiger partial charge >= 0.3 is 6.18 Å². The molecule has 26 heavy (non-hydrogen) atoms. The van der Waals surface area contributed by atoms with E-state index in [1.54, 1.807) is 11.4 Å². The van der Waals surface area contributed by atoms with Crippen LogP contribution >= 0.6 is 11.3 Å². The first kappa shape index (κ1) is 18.3. The van der Waals surface area contributed by atoms with Crippen LogP contribution < -0.4 is 0 Å². The zero-order chi connectivity index (χ0) is 19.2. The molecule has 0 radical (unpaired) electrons. The molecule has 1 amide bonds. The zero-order valence-corrected chi connectivity index (χ0v) is 15.4. The average molecular weight is 383 g/mol. The molecule has 0 unspecified atom stereocenters. The molecule has 6 nitrogen and oxygen atoms in total. The van der Waals surface area contributed by atoms with Crippen LogP contribution in [0.3, 0.4) is 0 Å². The first-order chi connectivity index (χ1) is 12.1. The van der Waals surface area contributed by atoms with Crippen LogP contribution in [0.4, 0.5) is 13.2 Å². The molecule has 0 spiro atoms. The summed E-state index contributed by atoms with van der Waals surface area (Å²) < 4.78 is 39.6. The molecular weight excluding hydrogens is 367 g/mol. The van der Waals surface area contributed by atoms with Crippen molar-refractivity contribution in [1.82, 2.24) is 24.5 Å². The van der Waals surface area contributed by atoms with Crippen LogP contribution in [0.25, 0.3) is 5.65 Å². The second kappa shape index (κ2) is 6.35. The Morgan fingerprint density at radius 2 is 1.96 bits per heavy atom. The number of hydrogen-bond acceptors (Lipinski definition) is 5. The van der Waals surface area contributed by atoms with Crippen molar-refractivity contribution in [2.24, 2.45) is 0 Å². The molecule has 3 rings (SSSR count). The monoisotopic (exact) mass is 383 g/mol. The third-order valence-electron chi connectivity index (χ3n) is 3.85. The zero-order valence-electron chi connectivity index (χ0n) is 14.5. The minimum absolute atomic E-state index is 0.0266. The number of rotatable bonds is 3. The number of alkyl halides is 3. The smallest absolute Gasteiger partial charge is 0.335 e. The summed E-state index contributed by atoms with van der Waals surface area (Å²) in [5.41, 5.74) is 1.93. The molecule has 0 bridgehead atoms. The van der Waals surface area contributed by atoms with Crippen LogP contribution in [-0.2, 0) is 12.7 Å². The first-order valence-corrected chi connectivity index (χ1v) is 8.56. The fraction of sp³-hybridized carbons (Fsp3) is 0.375. The van der Waals surface area contributed by atoms with E-state index in [-0.39, 0.29) is 17.5 Å². The van der Waals surface area contributed by atoms with E-state index < -0.39 is 11.9 Å². The van der Waals surface area contributed by atoms with Gasteiger partial charge in [-0.05, 0) is 26.8 Å². The summed E-state index contributed by atoms with van der Waals surface area (Å²) in [4.78, 5) is 22.1. The molecule has 0 atom stereocenters. The number of carbonyl (C=O) groups is 1. The fourth-order valence-electron chi connectivity index (χ4n) is 2.66. The standard InChI is InChI=1S/C16H16F3N5OS/c1-8-5-9(2)24-14(20-8)13(10(3)22-24)15(25)23(4)6-12-21-11(7-26-12)16(17,18)19/h5,7H,6H2,1-4H3. The van der Waals surface area contributed by atoms with Crippen molar-refractivity contribution in [3.05, 3.63) is 44.8 Å². The molecule has 3 aromatic rings. The summed E-state index contributed by atoms with van der Waals surface area (Å²) in [6, 6.07) is 1.85. The van der Waals surface area contributed by atoms with Gasteiger partial charge in [0.2, 0.25) is 0 Å². The SMILES string of the molecule is Cc1cc(C)n2nc(C)c(C(=O)N(C)Cc3nc(C(F)(F)F)cs3)c2n1. The lowest BCUT2D eigenvalue weighted by molar-refractivity contribution is -0.140. The summed E-state index contributed by atoms with van der Waals surface area (Å²) in [7, 11) is 1.52. The number of fused-ring (bicyclic) bond motifs is 1. The van der Waals surface area contributed by atoms with Gasteiger partial charge in [-0.2, -0.15) is 18.3 Å². The van der Waals surface area contributed by atoms with Gasteiger partial charge in [-0.3, -0.25) is 4.79 Å². The first-order valence-electron chi connectivity index (χ1n) is 7.68. The lowest BCUT2D eigenvalue weighted by Gasteiger charge is -2.15. The van der Waals surface area contributed by atoms with E-state index in [1.165, 1.54) is 11.9 Å². The van der Waals surface area contributed by atoms with Gasteiger partial charge < -0.3 is 4.90 Å². The minimum Gasteiger partial charge on any atom is -0.335 e. The summed E-state index contributed by atoms with van der Waals surface area (Å²) in [5.74, 6) is -0.362. The summed E-state index contributed by atoms with van der Waals surface area (Å²) in [5, 5.41) is 5.50. The maximum absolute atomic E-state index is 12.9. The van der Waals surface area contributed by atoms with Crippen molar-refractivity contribution in [3.63, 3.8) is 0 Å². The van der Waals surface area contributed by atoms with Gasteiger partial charge in [-0.1, -0.05) is 0 Å². The van der Waals surface area contributed by atoms with Crippen LogP contribution in [0.1, 0.15) is 38.1 Å². The Morgan fingerprint density at radius 3 is 2.58 bits per heavy atom. The number of hydrogen-bond donors (Lipinski definition) is 0. The second-order valence-corrected chi connectivity index (χ2v) is 6.96. The van der Waals surface area contributed by atoms with E-state index in [2.05, 4.69) is 15.1 Å². The van der Waals surface area contributed by atoms with Gasteiger partial charge in [0.25, 0.3) is 5.91 Å². The van der Waals surface area contributed by atoms with E-state index in [0.29, 0.717) is 16.9 Å². The number of halogens is 3. The third-order valence-corrected chi connectivity index (χ3v) is 4.68. The Morgan fingerprint density at radius 1 is 1.27 bits per heavy atom. The van der Waals surface area contributed by atoms with E-state index in [1.807, 2.05) is 19.9 Å². The quantitative estimate of drug-likeness (QED) is 0.695. The highest BCUT2D eigenvalue weighted by atomic mass is 32.1. The van der Waals surface area contributed by atoms with Gasteiger partial charge in [0.1, 0.15) is 10.6 Å². The average Bonchev–Trinajstić information content (AvgIpc) is 3.10. The minimum atomic E-state index is -4.49. The van der Waals surface area contributed by atoms with Crippen molar-refractivity contribution in [1.29, 1.82) is 0 Å². The van der Waals surface area contributed by atoms with Crippen molar-refractivity contribution < 1.29 is 18.0 Å². The summed E-state index contributed by atoms with van der Waals surface area (Å²) in [6.45, 7) is 5.36. The Labute approximate surface area is 151 Å². The Kier molecular flexibility index (Phi) is 4.47. The van der Waals surface area contributed by atoms with E-state index in [4.69, 9.17) is 0 Å². The molecule has 0 aliphatic carbocycles. The highest BCUT2D eigenvalue weighted by Crippen LogP contribution is 2.30. The van der Waals surface area contributed by atoms with E-state index >= 15 is 0 Å². The van der Waals surface area contributed by atoms with Crippen molar-refractivity contribution in [2.75, 3.05) is 7.05 Å². The van der Waals surface area contributed by atoms with Crippen LogP contribution in [0.15, 0.2) is 11.4 Å². The second-order valence-electron chi connectivity index (χ2n) is 6.02. The Hall–Kier alpha value is -2.49. The van der Waals surface area contributed by atoms with Gasteiger partial charge in [0, 0.05) is 23.8 Å². The normalized spacial score (nSPS) is 12.0. The highest BCUT2D eigenvalue weighted by Gasteiger charge is 2.34. The van der Waals surface area contributed by atoms with Crippen molar-refractivity contribution in [2.45, 2.75) is 33.5 Å². The number of aryl methyl sites for hydroxylation is 3. The summed E-state index contributed by atoms with van der Waals surface area (Å²) >= 11 is 0.871. The molecule has 0 aliphatic heterocycles. The number of carbonyl (C=O) groups excluding carboxylic acids is 1. The lowest BCUT2D eigenvalue weighted by Crippen LogP contribution is -2.27. The maximum Gasteiger partial charge on any atom is 0.434 e. The van der Waals surface area contributed by atoms with Gasteiger partial charge in [-0.15, -0.1) is 11.3 Å². The van der Waals surface area contributed by atoms with E-state index in [9.17, 15) is 18.0 Å². The van der Waals surface area contributed by atoms with Crippen LogP contribution in [-0.4, -0.2) is 37.4 Å². The van der Waals surface area contributed by atoms with E-state index in [0.717, 1.165) is 28.1 Å². The van der Waals surface area contributed by atoms with Crippen molar-refractivity contribution in [3.8, 4) is 0 Å². The molecule has 3 heterocycles. The molecule has 10 heteroatoms. The van der Waals surface area contributed by atoms with Gasteiger partial charge in [0.05, 0.1) is 12.2 Å². The molecule has 0 aliphatic rings. The molecule has 0 fully saturated rings. The molecule has 0 saturated carbocycles. The van der Waals surface area contributed by atoms with Gasteiger partial charge in [0.15, 0.2) is 11.3 Å². The van der Waals surface area contributed by atoms with Crippen LogP contribution in [0.2, 0.25) is 0 Å². The molecule has 138 valence electrons. The third kappa shape index (κ3) is 3.28. The molecular formula is C16H16F3N5OS. The maximum atomic E-state index is 12.9. The predicted molar refractivity (Wildman–Crippen MR) is 90.1 cm³/mol. The van der Waals surface area contributed by atoms with Crippen LogP contribution in [0.5, 0.6) is 0 Å². The number of amides is 1. The number of aromatic nitrogens is 4. The number of thiazole rings is 1. The number of nitrogens with zero attached hydrogens (tertiary/aromatic N) is 5. The topological polar surface area (TPSA) is 63.4 Å². The molecule has 0 saturated heterocycles. The largest absolute Gasteiger partial charge is 0.434 e.